The van der Waals surface area contributed by atoms with Gasteiger partial charge in [0, 0.05) is 6.26 Å². The fourth-order valence-electron chi connectivity index (χ4n) is 1.31. The Bertz CT molecular complexity index is 642. The number of halogens is 2. The SMILES string of the molecule is CC(c1nc2nc(Cl)c(Cl)cc2[nH]1)S(C)(=O)=O. The van der Waals surface area contributed by atoms with E-state index in [2.05, 4.69) is 15.0 Å². The molecule has 2 heterocycles. The van der Waals surface area contributed by atoms with Crippen molar-refractivity contribution in [3.8, 4) is 0 Å². The lowest BCUT2D eigenvalue weighted by Gasteiger charge is -2.03. The second kappa shape index (κ2) is 4.12. The number of hydrogen-bond donors (Lipinski definition) is 1. The van der Waals surface area contributed by atoms with Crippen LogP contribution in [0.2, 0.25) is 10.2 Å². The van der Waals surface area contributed by atoms with Crippen LogP contribution < -0.4 is 0 Å². The molecule has 1 N–H and O–H groups in total. The average molecular weight is 294 g/mol. The van der Waals surface area contributed by atoms with Gasteiger partial charge in [0.2, 0.25) is 0 Å². The molecule has 1 unspecified atom stereocenters. The van der Waals surface area contributed by atoms with Gasteiger partial charge in [-0.2, -0.15) is 0 Å². The molecule has 0 aliphatic carbocycles. The van der Waals surface area contributed by atoms with E-state index in [1.807, 2.05) is 0 Å². The highest BCUT2D eigenvalue weighted by Gasteiger charge is 2.21. The van der Waals surface area contributed by atoms with Crippen molar-refractivity contribution in [2.75, 3.05) is 6.26 Å². The van der Waals surface area contributed by atoms with Crippen LogP contribution in [0.3, 0.4) is 0 Å². The summed E-state index contributed by atoms with van der Waals surface area (Å²) in [5, 5.41) is -0.292. The van der Waals surface area contributed by atoms with Crippen LogP contribution in [0.4, 0.5) is 0 Å². The first-order valence-corrected chi connectivity index (χ1v) is 7.40. The van der Waals surface area contributed by atoms with Crippen LogP contribution in [0.25, 0.3) is 11.2 Å². The molecule has 0 aromatic carbocycles. The first-order chi connectivity index (χ1) is 7.79. The number of nitrogens with zero attached hydrogens (tertiary/aromatic N) is 2. The van der Waals surface area contributed by atoms with Gasteiger partial charge in [-0.05, 0) is 13.0 Å². The van der Waals surface area contributed by atoms with Crippen LogP contribution in [-0.2, 0) is 9.84 Å². The Morgan fingerprint density at radius 1 is 1.35 bits per heavy atom. The van der Waals surface area contributed by atoms with Crippen LogP contribution in [0.5, 0.6) is 0 Å². The summed E-state index contributed by atoms with van der Waals surface area (Å²) in [5.74, 6) is 0.327. The number of imidazole rings is 1. The van der Waals surface area contributed by atoms with Crippen molar-refractivity contribution in [2.45, 2.75) is 12.2 Å². The standard InChI is InChI=1S/C9H9Cl2N3O2S/c1-4(17(2,15)16)8-12-6-3-5(10)7(11)13-9(6)14-8/h3-4H,1-2H3,(H,12,13,14). The molecule has 2 aromatic rings. The highest BCUT2D eigenvalue weighted by atomic mass is 35.5. The maximum Gasteiger partial charge on any atom is 0.179 e. The van der Waals surface area contributed by atoms with Crippen LogP contribution in [-0.4, -0.2) is 29.6 Å². The number of pyridine rings is 1. The van der Waals surface area contributed by atoms with E-state index in [1.165, 1.54) is 0 Å². The molecule has 0 bridgehead atoms. The number of aromatic nitrogens is 3. The summed E-state index contributed by atoms with van der Waals surface area (Å²) in [6.45, 7) is 1.55. The Balaban J connectivity index is 2.59. The Labute approximate surface area is 108 Å². The van der Waals surface area contributed by atoms with E-state index in [0.29, 0.717) is 22.0 Å². The van der Waals surface area contributed by atoms with Gasteiger partial charge in [0.1, 0.15) is 16.2 Å². The van der Waals surface area contributed by atoms with Gasteiger partial charge in [-0.1, -0.05) is 23.2 Å². The van der Waals surface area contributed by atoms with Crippen molar-refractivity contribution in [3.63, 3.8) is 0 Å². The molecule has 1 atom stereocenters. The maximum absolute atomic E-state index is 11.4. The first kappa shape index (κ1) is 12.6. The van der Waals surface area contributed by atoms with E-state index < -0.39 is 15.1 Å². The number of H-pyrrole nitrogens is 1. The molecule has 0 aliphatic heterocycles. The summed E-state index contributed by atoms with van der Waals surface area (Å²) in [7, 11) is -3.21. The lowest BCUT2D eigenvalue weighted by atomic mass is 10.4. The minimum Gasteiger partial charge on any atom is -0.339 e. The zero-order valence-electron chi connectivity index (χ0n) is 9.03. The molecule has 0 radical (unpaired) electrons. The number of nitrogens with one attached hydrogen (secondary N) is 1. The van der Waals surface area contributed by atoms with Crippen molar-refractivity contribution in [2.24, 2.45) is 0 Å². The number of hydrogen-bond acceptors (Lipinski definition) is 4. The second-order valence-electron chi connectivity index (χ2n) is 3.73. The zero-order valence-corrected chi connectivity index (χ0v) is 11.4. The monoisotopic (exact) mass is 293 g/mol. The van der Waals surface area contributed by atoms with Gasteiger partial charge < -0.3 is 4.98 Å². The summed E-state index contributed by atoms with van der Waals surface area (Å²) in [6.07, 6.45) is 1.15. The highest BCUT2D eigenvalue weighted by molar-refractivity contribution is 7.90. The van der Waals surface area contributed by atoms with Crippen molar-refractivity contribution in [3.05, 3.63) is 22.1 Å². The molecule has 0 saturated heterocycles. The van der Waals surface area contributed by atoms with Crippen molar-refractivity contribution < 1.29 is 8.42 Å². The zero-order chi connectivity index (χ0) is 12.8. The normalized spacial score (nSPS) is 14.1. The molecule has 0 saturated carbocycles. The van der Waals surface area contributed by atoms with E-state index in [4.69, 9.17) is 23.2 Å². The summed E-state index contributed by atoms with van der Waals surface area (Å²) >= 11 is 11.6. The number of rotatable bonds is 2. The quantitative estimate of drug-likeness (QED) is 0.863. The van der Waals surface area contributed by atoms with Gasteiger partial charge in [0.25, 0.3) is 0 Å². The van der Waals surface area contributed by atoms with Crippen molar-refractivity contribution in [1.29, 1.82) is 0 Å². The third-order valence-electron chi connectivity index (χ3n) is 2.43. The predicted molar refractivity (Wildman–Crippen MR) is 67.2 cm³/mol. The fourth-order valence-corrected chi connectivity index (χ4v) is 2.11. The van der Waals surface area contributed by atoms with E-state index in [0.717, 1.165) is 6.26 Å². The van der Waals surface area contributed by atoms with Gasteiger partial charge in [0.15, 0.2) is 15.5 Å². The van der Waals surface area contributed by atoms with Crippen LogP contribution >= 0.6 is 23.2 Å². The fraction of sp³-hybridized carbons (Fsp3) is 0.333. The molecule has 2 aromatic heterocycles. The molecule has 0 aliphatic rings. The Kier molecular flexibility index (Phi) is 3.05. The smallest absolute Gasteiger partial charge is 0.179 e. The van der Waals surface area contributed by atoms with Gasteiger partial charge in [-0.25, -0.2) is 18.4 Å². The Morgan fingerprint density at radius 2 is 2.00 bits per heavy atom. The van der Waals surface area contributed by atoms with E-state index >= 15 is 0 Å². The Hall–Kier alpha value is -0.850. The lowest BCUT2D eigenvalue weighted by Crippen LogP contribution is -2.09. The summed E-state index contributed by atoms with van der Waals surface area (Å²) in [6, 6.07) is 1.57. The largest absolute Gasteiger partial charge is 0.339 e. The lowest BCUT2D eigenvalue weighted by molar-refractivity contribution is 0.590. The molecular formula is C9H9Cl2N3O2S. The molecular weight excluding hydrogens is 285 g/mol. The highest BCUT2D eigenvalue weighted by Crippen LogP contribution is 2.26. The predicted octanol–water partition coefficient (Wildman–Crippen LogP) is 2.37. The van der Waals surface area contributed by atoms with E-state index in [9.17, 15) is 8.42 Å². The number of sulfone groups is 1. The second-order valence-corrected chi connectivity index (χ2v) is 6.86. The Morgan fingerprint density at radius 3 is 2.59 bits per heavy atom. The molecule has 5 nitrogen and oxygen atoms in total. The summed E-state index contributed by atoms with van der Waals surface area (Å²) in [5.41, 5.74) is 0.912. The molecule has 0 amide bonds. The summed E-state index contributed by atoms with van der Waals surface area (Å²) < 4.78 is 22.8. The molecule has 8 heteroatoms. The molecule has 92 valence electrons. The van der Waals surface area contributed by atoms with Crippen LogP contribution in [0.15, 0.2) is 6.07 Å². The topological polar surface area (TPSA) is 75.7 Å². The van der Waals surface area contributed by atoms with Crippen LogP contribution in [0, 0.1) is 0 Å². The third kappa shape index (κ3) is 2.38. The minimum atomic E-state index is -3.21. The van der Waals surface area contributed by atoms with Crippen molar-refractivity contribution in [1.82, 2.24) is 15.0 Å². The van der Waals surface area contributed by atoms with Gasteiger partial charge in [0.05, 0.1) is 10.5 Å². The van der Waals surface area contributed by atoms with Gasteiger partial charge in [-0.15, -0.1) is 0 Å². The van der Waals surface area contributed by atoms with E-state index in [-0.39, 0.29) is 5.15 Å². The minimum absolute atomic E-state index is 0.143. The van der Waals surface area contributed by atoms with Crippen LogP contribution in [0.1, 0.15) is 18.0 Å². The molecule has 2 rings (SSSR count). The number of fused-ring (bicyclic) bond motifs is 1. The maximum atomic E-state index is 11.4. The van der Waals surface area contributed by atoms with E-state index in [1.54, 1.807) is 13.0 Å². The third-order valence-corrected chi connectivity index (χ3v) is 4.61. The average Bonchev–Trinajstić information content (AvgIpc) is 2.59. The van der Waals surface area contributed by atoms with Crippen molar-refractivity contribution >= 4 is 44.2 Å². The molecule has 17 heavy (non-hydrogen) atoms. The molecule has 0 fully saturated rings. The van der Waals surface area contributed by atoms with Gasteiger partial charge >= 0.3 is 0 Å². The van der Waals surface area contributed by atoms with Gasteiger partial charge in [-0.3, -0.25) is 0 Å². The molecule has 0 spiro atoms. The first-order valence-electron chi connectivity index (χ1n) is 4.69. The summed E-state index contributed by atoms with van der Waals surface area (Å²) in [4.78, 5) is 10.9. The number of aromatic amines is 1.